The molecule has 3 rings (SSSR count). The van der Waals surface area contributed by atoms with E-state index in [0.717, 1.165) is 4.52 Å². The highest BCUT2D eigenvalue weighted by Crippen LogP contribution is 2.20. The van der Waals surface area contributed by atoms with Gasteiger partial charge >= 0.3 is 0 Å². The summed E-state index contributed by atoms with van der Waals surface area (Å²) in [5, 5.41) is 4.84. The van der Waals surface area contributed by atoms with Crippen LogP contribution in [0.25, 0.3) is 4.96 Å². The van der Waals surface area contributed by atoms with Gasteiger partial charge in [-0.1, -0.05) is 18.3 Å². The molecular formula is C15H16N4O4S2. The van der Waals surface area contributed by atoms with Gasteiger partial charge in [0.05, 0.1) is 12.8 Å². The van der Waals surface area contributed by atoms with Gasteiger partial charge in [0.25, 0.3) is 15.6 Å². The standard InChI is InChI=1S/C15H16N4O4S2/c1-4-12-17-19-14(20)13(9(2)16-15(19)24-12)25(21,22)18-10-5-7-11(23-3)8-6-10/h5-8,18H,4H2,1-3H3. The SMILES string of the molecule is CCc1nn2c(=O)c(S(=O)(=O)Nc3ccc(OC)cc3)c(C)nc2s1. The lowest BCUT2D eigenvalue weighted by molar-refractivity contribution is 0.415. The van der Waals surface area contributed by atoms with E-state index in [-0.39, 0.29) is 5.69 Å². The zero-order valence-electron chi connectivity index (χ0n) is 13.8. The van der Waals surface area contributed by atoms with E-state index in [4.69, 9.17) is 4.74 Å². The summed E-state index contributed by atoms with van der Waals surface area (Å²) in [6.07, 6.45) is 0.638. The lowest BCUT2D eigenvalue weighted by Gasteiger charge is -2.09. The quantitative estimate of drug-likeness (QED) is 0.724. The van der Waals surface area contributed by atoms with Crippen molar-refractivity contribution in [1.82, 2.24) is 14.6 Å². The molecule has 10 heteroatoms. The molecule has 0 aliphatic carbocycles. The van der Waals surface area contributed by atoms with E-state index in [1.165, 1.54) is 25.4 Å². The van der Waals surface area contributed by atoms with Gasteiger partial charge in [0, 0.05) is 5.69 Å². The maximum atomic E-state index is 12.7. The van der Waals surface area contributed by atoms with Crippen molar-refractivity contribution in [1.29, 1.82) is 0 Å². The third kappa shape index (κ3) is 3.22. The van der Waals surface area contributed by atoms with Crippen LogP contribution < -0.4 is 15.0 Å². The Labute approximate surface area is 148 Å². The molecule has 3 aromatic rings. The Morgan fingerprint density at radius 3 is 2.56 bits per heavy atom. The molecule has 1 N–H and O–H groups in total. The average molecular weight is 380 g/mol. The number of anilines is 1. The summed E-state index contributed by atoms with van der Waals surface area (Å²) in [4.78, 5) is 16.8. The molecule has 0 amide bonds. The fourth-order valence-electron chi connectivity index (χ4n) is 2.29. The number of methoxy groups -OCH3 is 1. The minimum absolute atomic E-state index is 0.136. The van der Waals surface area contributed by atoms with E-state index in [0.29, 0.717) is 27.8 Å². The Bertz CT molecular complexity index is 1090. The van der Waals surface area contributed by atoms with Crippen molar-refractivity contribution in [2.45, 2.75) is 25.2 Å². The number of benzene rings is 1. The molecule has 0 unspecified atom stereocenters. The number of fused-ring (bicyclic) bond motifs is 1. The zero-order valence-corrected chi connectivity index (χ0v) is 15.4. The van der Waals surface area contributed by atoms with Crippen LogP contribution in [-0.2, 0) is 16.4 Å². The van der Waals surface area contributed by atoms with Crippen LogP contribution in [0.2, 0.25) is 0 Å². The molecule has 1 aromatic carbocycles. The van der Waals surface area contributed by atoms with E-state index < -0.39 is 20.5 Å². The van der Waals surface area contributed by atoms with Crippen LogP contribution in [0.15, 0.2) is 34.0 Å². The summed E-state index contributed by atoms with van der Waals surface area (Å²) in [5.74, 6) is 0.594. The highest BCUT2D eigenvalue weighted by Gasteiger charge is 2.25. The van der Waals surface area contributed by atoms with Gasteiger partial charge in [-0.2, -0.15) is 9.61 Å². The fraction of sp³-hybridized carbons (Fsp3) is 0.267. The van der Waals surface area contributed by atoms with Crippen molar-refractivity contribution in [3.63, 3.8) is 0 Å². The molecule has 0 aliphatic heterocycles. The van der Waals surface area contributed by atoms with Gasteiger partial charge in [0.1, 0.15) is 10.8 Å². The zero-order chi connectivity index (χ0) is 18.2. The van der Waals surface area contributed by atoms with Crippen LogP contribution in [0.4, 0.5) is 5.69 Å². The van der Waals surface area contributed by atoms with Gasteiger partial charge in [-0.15, -0.1) is 0 Å². The first-order valence-electron chi connectivity index (χ1n) is 7.42. The molecule has 0 atom stereocenters. The number of nitrogens with one attached hydrogen (secondary N) is 1. The second-order valence-electron chi connectivity index (χ2n) is 5.21. The maximum absolute atomic E-state index is 12.7. The van der Waals surface area contributed by atoms with Crippen molar-refractivity contribution in [3.8, 4) is 5.75 Å². The molecule has 0 saturated heterocycles. The minimum atomic E-state index is -4.11. The molecule has 25 heavy (non-hydrogen) atoms. The normalized spacial score (nSPS) is 11.6. The van der Waals surface area contributed by atoms with Gasteiger partial charge in [-0.3, -0.25) is 9.52 Å². The molecule has 0 fully saturated rings. The lowest BCUT2D eigenvalue weighted by Crippen LogP contribution is -2.28. The predicted octanol–water partition coefficient (Wildman–Crippen LogP) is 1.83. The summed E-state index contributed by atoms with van der Waals surface area (Å²) in [5.41, 5.74) is -0.256. The van der Waals surface area contributed by atoms with Crippen LogP contribution in [0.5, 0.6) is 5.75 Å². The van der Waals surface area contributed by atoms with Crippen LogP contribution in [0.3, 0.4) is 0 Å². The number of aromatic nitrogens is 3. The smallest absolute Gasteiger partial charge is 0.296 e. The van der Waals surface area contributed by atoms with Crippen molar-refractivity contribution in [2.24, 2.45) is 0 Å². The number of hydrogen-bond donors (Lipinski definition) is 1. The van der Waals surface area contributed by atoms with E-state index in [1.807, 2.05) is 6.92 Å². The summed E-state index contributed by atoms with van der Waals surface area (Å²) < 4.78 is 33.9. The summed E-state index contributed by atoms with van der Waals surface area (Å²) in [7, 11) is -2.59. The van der Waals surface area contributed by atoms with E-state index >= 15 is 0 Å². The number of ether oxygens (including phenoxy) is 1. The van der Waals surface area contributed by atoms with Gasteiger partial charge in [-0.05, 0) is 37.6 Å². The largest absolute Gasteiger partial charge is 0.497 e. The number of sulfonamides is 1. The van der Waals surface area contributed by atoms with Gasteiger partial charge in [0.2, 0.25) is 4.96 Å². The van der Waals surface area contributed by atoms with Crippen molar-refractivity contribution >= 4 is 32.0 Å². The third-order valence-corrected chi connectivity index (χ3v) is 6.06. The molecule has 0 spiro atoms. The topological polar surface area (TPSA) is 103 Å². The Kier molecular flexibility index (Phi) is 4.48. The molecular weight excluding hydrogens is 364 g/mol. The van der Waals surface area contributed by atoms with Gasteiger partial charge in [-0.25, -0.2) is 13.4 Å². The molecule has 132 valence electrons. The lowest BCUT2D eigenvalue weighted by atomic mass is 10.3. The Hall–Kier alpha value is -2.46. The molecule has 0 radical (unpaired) electrons. The molecule has 2 aromatic heterocycles. The predicted molar refractivity (Wildman–Crippen MR) is 95.1 cm³/mol. The first-order valence-corrected chi connectivity index (χ1v) is 9.72. The minimum Gasteiger partial charge on any atom is -0.497 e. The van der Waals surface area contributed by atoms with E-state index in [2.05, 4.69) is 14.8 Å². The number of aryl methyl sites for hydroxylation is 2. The van der Waals surface area contributed by atoms with Crippen LogP contribution in [0.1, 0.15) is 17.6 Å². The van der Waals surface area contributed by atoms with Crippen LogP contribution >= 0.6 is 11.3 Å². The second kappa shape index (κ2) is 6.45. The maximum Gasteiger partial charge on any atom is 0.296 e. The van der Waals surface area contributed by atoms with Crippen LogP contribution in [0, 0.1) is 6.92 Å². The van der Waals surface area contributed by atoms with Gasteiger partial charge < -0.3 is 4.74 Å². The summed E-state index contributed by atoms with van der Waals surface area (Å²) in [6.45, 7) is 3.40. The Balaban J connectivity index is 2.08. The molecule has 2 heterocycles. The van der Waals surface area contributed by atoms with Crippen molar-refractivity contribution in [2.75, 3.05) is 11.8 Å². The fourth-order valence-corrected chi connectivity index (χ4v) is 4.46. The Morgan fingerprint density at radius 2 is 1.96 bits per heavy atom. The Morgan fingerprint density at radius 1 is 1.28 bits per heavy atom. The average Bonchev–Trinajstić information content (AvgIpc) is 2.98. The summed E-state index contributed by atoms with van der Waals surface area (Å²) >= 11 is 1.26. The second-order valence-corrected chi connectivity index (χ2v) is 7.87. The van der Waals surface area contributed by atoms with E-state index in [9.17, 15) is 13.2 Å². The molecule has 0 aliphatic rings. The third-order valence-electron chi connectivity index (χ3n) is 3.49. The first-order chi connectivity index (χ1) is 11.9. The molecule has 0 bridgehead atoms. The number of hydrogen-bond acceptors (Lipinski definition) is 7. The number of rotatable bonds is 5. The monoisotopic (exact) mass is 380 g/mol. The molecule has 0 saturated carbocycles. The number of nitrogens with zero attached hydrogens (tertiary/aromatic N) is 3. The first kappa shape index (κ1) is 17.4. The van der Waals surface area contributed by atoms with Crippen molar-refractivity contribution in [3.05, 3.63) is 45.3 Å². The molecule has 8 nitrogen and oxygen atoms in total. The summed E-state index contributed by atoms with van der Waals surface area (Å²) in [6, 6.07) is 6.33. The van der Waals surface area contributed by atoms with Crippen LogP contribution in [-0.4, -0.2) is 30.1 Å². The van der Waals surface area contributed by atoms with Crippen molar-refractivity contribution < 1.29 is 13.2 Å². The highest BCUT2D eigenvalue weighted by molar-refractivity contribution is 7.92. The van der Waals surface area contributed by atoms with Gasteiger partial charge in [0.15, 0.2) is 4.90 Å². The highest BCUT2D eigenvalue weighted by atomic mass is 32.2. The van der Waals surface area contributed by atoms with E-state index in [1.54, 1.807) is 24.3 Å².